The maximum absolute atomic E-state index is 9.76. The summed E-state index contributed by atoms with van der Waals surface area (Å²) in [4.78, 5) is 47.7. The van der Waals surface area contributed by atoms with Crippen LogP contribution < -0.4 is 0 Å². The molecule has 8 N–H and O–H groups in total. The van der Waals surface area contributed by atoms with Crippen molar-refractivity contribution in [3.05, 3.63) is 195 Å². The van der Waals surface area contributed by atoms with E-state index in [1.54, 1.807) is 46.7 Å². The van der Waals surface area contributed by atoms with Crippen LogP contribution in [-0.2, 0) is 80.4 Å². The second kappa shape index (κ2) is 57.0. The molecular formula is C94H139Ir4N11O8-4. The molecule has 0 saturated carbocycles. The van der Waals surface area contributed by atoms with Crippen LogP contribution in [-0.4, -0.2) is 145 Å². The average molecular weight is 2320 g/mol. The average Bonchev–Trinajstić information content (AvgIpc) is 0.820. The van der Waals surface area contributed by atoms with E-state index in [-0.39, 0.29) is 140 Å². The number of aliphatic hydroxyl groups excluding tert-OH is 8. The molecule has 8 unspecified atom stereocenters. The summed E-state index contributed by atoms with van der Waals surface area (Å²) in [5.74, 6) is 7.23. The molecule has 5 aromatic carbocycles. The Morgan fingerprint density at radius 2 is 0.684 bits per heavy atom. The van der Waals surface area contributed by atoms with Gasteiger partial charge in [0.05, 0.1) is 72.1 Å². The molecule has 4 heterocycles. The zero-order chi connectivity index (χ0) is 86.1. The summed E-state index contributed by atoms with van der Waals surface area (Å²) in [7, 11) is 0. The third-order valence-corrected chi connectivity index (χ3v) is 17.6. The van der Waals surface area contributed by atoms with Gasteiger partial charge in [-0.1, -0.05) is 183 Å². The van der Waals surface area contributed by atoms with Crippen LogP contribution in [0.15, 0.2) is 98.0 Å². The fourth-order valence-corrected chi connectivity index (χ4v) is 10.8. The van der Waals surface area contributed by atoms with Gasteiger partial charge in [0.15, 0.2) is 5.82 Å². The third kappa shape index (κ3) is 46.9. The van der Waals surface area contributed by atoms with Gasteiger partial charge >= 0.3 is 0 Å². The molecule has 4 radical (unpaired) electrons. The van der Waals surface area contributed by atoms with Crippen LogP contribution in [0.25, 0.3) is 56.9 Å². The Bertz CT molecular complexity index is 3930. The molecule has 9 aromatic rings. The van der Waals surface area contributed by atoms with Gasteiger partial charge in [0.2, 0.25) is 0 Å². The Balaban J connectivity index is -0.00000129. The monoisotopic (exact) mass is 2320 g/mol. The number of nitrogens with zero attached hydrogens (tertiary/aromatic N) is 11. The predicted molar refractivity (Wildman–Crippen MR) is 461 cm³/mol. The maximum atomic E-state index is 9.76. The van der Waals surface area contributed by atoms with E-state index in [1.807, 2.05) is 121 Å². The van der Waals surface area contributed by atoms with Gasteiger partial charge in [-0.15, -0.1) is 140 Å². The van der Waals surface area contributed by atoms with Crippen LogP contribution >= 0.6 is 0 Å². The summed E-state index contributed by atoms with van der Waals surface area (Å²) >= 11 is 0. The van der Waals surface area contributed by atoms with Gasteiger partial charge in [0.1, 0.15) is 30.6 Å². The van der Waals surface area contributed by atoms with E-state index in [0.717, 1.165) is 67.7 Å². The zero-order valence-electron chi connectivity index (χ0n) is 75.5. The topological polar surface area (TPSA) is 304 Å². The molecule has 0 aliphatic carbocycles. The Kier molecular flexibility index (Phi) is 56.3. The molecule has 0 aliphatic heterocycles. The van der Waals surface area contributed by atoms with Crippen molar-refractivity contribution in [2.75, 3.05) is 0 Å². The summed E-state index contributed by atoms with van der Waals surface area (Å²) in [6.07, 6.45) is 5.29. The number of aromatic nitrogens is 11. The summed E-state index contributed by atoms with van der Waals surface area (Å²) in [5.41, 5.74) is 17.4. The molecule has 8 atom stereocenters. The molecule has 0 bridgehead atoms. The first-order valence-electron chi connectivity index (χ1n) is 39.9. The first-order chi connectivity index (χ1) is 52.3. The van der Waals surface area contributed by atoms with Crippen molar-refractivity contribution in [1.82, 2.24) is 54.8 Å². The number of rotatable bonds is 19. The van der Waals surface area contributed by atoms with Gasteiger partial charge in [-0.2, -0.15) is 0 Å². The summed E-state index contributed by atoms with van der Waals surface area (Å²) in [6, 6.07) is 38.5. The minimum absolute atomic E-state index is 0. The van der Waals surface area contributed by atoms with Crippen molar-refractivity contribution in [3.8, 4) is 56.9 Å². The third-order valence-electron chi connectivity index (χ3n) is 17.6. The van der Waals surface area contributed by atoms with Crippen molar-refractivity contribution in [3.63, 3.8) is 0 Å². The van der Waals surface area contributed by atoms with Crippen molar-refractivity contribution in [2.45, 2.75) is 313 Å². The minimum atomic E-state index is -0.443. The van der Waals surface area contributed by atoms with Crippen molar-refractivity contribution >= 4 is 0 Å². The zero-order valence-corrected chi connectivity index (χ0v) is 85.1. The summed E-state index contributed by atoms with van der Waals surface area (Å²) in [5, 5.41) is 72.5. The molecular weight excluding hydrogens is 2180 g/mol. The number of aliphatic hydroxyl groups is 8. The predicted octanol–water partition coefficient (Wildman–Crippen LogP) is 18.8. The maximum Gasteiger partial charge on any atom is 0.153 e. The minimum Gasteiger partial charge on any atom is -0.393 e. The molecule has 0 aliphatic rings. The van der Waals surface area contributed by atoms with Gasteiger partial charge in [0.25, 0.3) is 0 Å². The van der Waals surface area contributed by atoms with Gasteiger partial charge in [-0.3, -0.25) is 39.9 Å². The van der Waals surface area contributed by atoms with Crippen LogP contribution in [0.4, 0.5) is 0 Å². The molecule has 23 heteroatoms. The van der Waals surface area contributed by atoms with E-state index < -0.39 is 12.2 Å². The second-order valence-corrected chi connectivity index (χ2v) is 34.2. The van der Waals surface area contributed by atoms with Crippen LogP contribution in [0.2, 0.25) is 0 Å². The van der Waals surface area contributed by atoms with E-state index in [4.69, 9.17) is 20.4 Å². The molecule has 0 spiro atoms. The van der Waals surface area contributed by atoms with Gasteiger partial charge in [-0.05, 0) is 126 Å². The Hall–Kier alpha value is -5.51. The fourth-order valence-electron chi connectivity index (χ4n) is 10.8. The van der Waals surface area contributed by atoms with Gasteiger partial charge in [0, 0.05) is 110 Å². The largest absolute Gasteiger partial charge is 0.393 e. The molecule has 9 rings (SSSR count). The number of benzene rings is 5. The Morgan fingerprint density at radius 1 is 0.325 bits per heavy atom. The molecule has 0 amide bonds. The molecule has 0 fully saturated rings. The molecule has 19 nitrogen and oxygen atoms in total. The fraction of sp³-hybridized carbons (Fsp3) is 0.543. The van der Waals surface area contributed by atoms with E-state index >= 15 is 0 Å². The van der Waals surface area contributed by atoms with E-state index in [9.17, 15) is 20.4 Å². The molecule has 117 heavy (non-hydrogen) atoms. The second-order valence-electron chi connectivity index (χ2n) is 34.2. The van der Waals surface area contributed by atoms with Gasteiger partial charge < -0.3 is 40.9 Å². The normalized spacial score (nSPS) is 13.0. The standard InChI is InChI=1S/C19H18N3.C16H20N3.C15H17N2.C14H16N3.C11H24O2.C9H20O2.2C5H12O2.4Ir/c1-12-5-13(2)8-16(7-12)18-20-11-21-19(22-18)17-9-14(3)6-15(4)10-17;1-10(2)13-6-14(11(3)4)8-15(7-13)16-18-9-17-12(5)19-16;1-10(2)14-5-6-16-15(17-14)13-8-11(3)7-12(4)9-13;1-9(2)13-15-8-16-14(17-13)12-6-10(3)5-11(4)7-12;1-10(2,3)8(12)7-9(13)11(4,5)6;1-6(2)8(10)5-9(11)7(3)4;2*1-4(6)3-5(2)7;;;;/h5-9,11H,1-4H3;6-7,9-11H,1-5H3;5-8,10H,1-4H3;5-6,8-9H,1-4H3;8-9,12-13H,7H2,1-6H3;6-11H,5H2,1-4H3;2*4-7H,3H2,1-2H3;;;;/q4*-1;;;;;;;;. The number of hydrogen-bond donors (Lipinski definition) is 8. The van der Waals surface area contributed by atoms with E-state index in [2.05, 4.69) is 224 Å². The number of hydrogen-bond acceptors (Lipinski definition) is 19. The van der Waals surface area contributed by atoms with Crippen molar-refractivity contribution in [1.29, 1.82) is 0 Å². The first-order valence-corrected chi connectivity index (χ1v) is 39.9. The SMILES string of the molecule is CC(C)(C)C(O)CC(O)C(C)(C)C.CC(C)C(O)CC(O)C(C)C.CC(O)CC(C)O.CC(O)CC(C)O.Cc1[c-]c(-c2nccc(C(C)C)n2)cc(C)c1.Cc1[c-]c(-c2ncnc(-c3cc(C)cc(C)c3)n2)cc(C)c1.Cc1[c-]c(-c2ncnc(C(C)C)n2)cc(C)c1.Cc1ncnc(-c2[c-]c(C(C)C)cc(C(C)C)c2)n1.[Ir].[Ir].[Ir].[Ir]. The van der Waals surface area contributed by atoms with Crippen LogP contribution in [0.1, 0.15) is 275 Å². The molecule has 4 aromatic heterocycles. The molecule has 658 valence electrons. The van der Waals surface area contributed by atoms with E-state index in [1.165, 1.54) is 38.9 Å². The van der Waals surface area contributed by atoms with Crippen LogP contribution in [0, 0.1) is 109 Å². The van der Waals surface area contributed by atoms with Crippen molar-refractivity contribution in [2.24, 2.45) is 22.7 Å². The molecule has 0 saturated heterocycles. The Morgan fingerprint density at radius 3 is 1.03 bits per heavy atom. The summed E-state index contributed by atoms with van der Waals surface area (Å²) in [6.45, 7) is 61.9. The van der Waals surface area contributed by atoms with Crippen LogP contribution in [0.5, 0.6) is 0 Å². The van der Waals surface area contributed by atoms with Crippen molar-refractivity contribution < 1.29 is 121 Å². The smallest absolute Gasteiger partial charge is 0.153 e. The summed E-state index contributed by atoms with van der Waals surface area (Å²) < 4.78 is 0. The quantitative estimate of drug-likeness (QED) is 0.0349. The van der Waals surface area contributed by atoms with E-state index in [0.29, 0.717) is 72.7 Å². The Labute approximate surface area is 757 Å². The van der Waals surface area contributed by atoms with Crippen LogP contribution in [0.3, 0.4) is 0 Å². The van der Waals surface area contributed by atoms with Gasteiger partial charge in [-0.25, -0.2) is 15.0 Å². The first kappa shape index (κ1) is 116. The number of aryl methyl sites for hydroxylation is 9.